The van der Waals surface area contributed by atoms with Gasteiger partial charge in [0.05, 0.1) is 4.91 Å². The van der Waals surface area contributed by atoms with E-state index in [1.54, 1.807) is 6.08 Å². The number of carboxylic acids is 1. The van der Waals surface area contributed by atoms with Gasteiger partial charge in [-0.25, -0.2) is 4.79 Å². The molecule has 128 valence electrons. The third-order valence-corrected chi connectivity index (χ3v) is 5.55. The first-order chi connectivity index (χ1) is 11.4. The molecule has 1 N–H and O–H groups in total. The molecule has 1 aromatic carbocycles. The van der Waals surface area contributed by atoms with Crippen LogP contribution in [0.4, 0.5) is 0 Å². The Labute approximate surface area is 151 Å². The maximum absolute atomic E-state index is 12.7. The molecule has 1 aliphatic heterocycles. The van der Waals surface area contributed by atoms with Crippen molar-refractivity contribution in [3.05, 3.63) is 40.3 Å². The van der Waals surface area contributed by atoms with E-state index in [0.29, 0.717) is 15.6 Å². The Morgan fingerprint density at radius 2 is 1.96 bits per heavy atom. The van der Waals surface area contributed by atoms with Crippen LogP contribution in [0.3, 0.4) is 0 Å². The molecule has 0 spiro atoms. The zero-order valence-electron chi connectivity index (χ0n) is 14.0. The second-order valence-corrected chi connectivity index (χ2v) is 7.49. The molecular weight excluding hydrogens is 342 g/mol. The fraction of sp³-hybridized carbons (Fsp3) is 0.389. The first-order valence-electron chi connectivity index (χ1n) is 7.97. The van der Waals surface area contributed by atoms with Crippen molar-refractivity contribution in [2.75, 3.05) is 0 Å². The molecule has 0 unspecified atom stereocenters. The van der Waals surface area contributed by atoms with Crippen LogP contribution in [0.5, 0.6) is 0 Å². The first kappa shape index (κ1) is 18.7. The third-order valence-electron chi connectivity index (χ3n) is 4.22. The topological polar surface area (TPSA) is 57.6 Å². The molecule has 1 fully saturated rings. The lowest BCUT2D eigenvalue weighted by molar-refractivity contribution is -0.147. The van der Waals surface area contributed by atoms with Crippen molar-refractivity contribution in [1.29, 1.82) is 0 Å². The largest absolute Gasteiger partial charge is 0.480 e. The van der Waals surface area contributed by atoms with Gasteiger partial charge in [-0.2, -0.15) is 0 Å². The monoisotopic (exact) mass is 363 g/mol. The standard InChI is InChI=1S/C18H21NO3S2/c1-4-11(3)15(17(21)22)19-16(20)14(24-18(19)23)10-13-8-6-12(5-2)7-9-13/h6-11,15H,4-5H2,1-3H3,(H,21,22)/b14-10-/t11-,15-/m0/s1. The van der Waals surface area contributed by atoms with Crippen LogP contribution >= 0.6 is 24.0 Å². The number of hydrogen-bond donors (Lipinski definition) is 1. The smallest absolute Gasteiger partial charge is 0.327 e. The highest BCUT2D eigenvalue weighted by Crippen LogP contribution is 2.36. The number of carboxylic acid groups (broad SMARTS) is 1. The summed E-state index contributed by atoms with van der Waals surface area (Å²) in [6.45, 7) is 5.81. The highest BCUT2D eigenvalue weighted by atomic mass is 32.2. The van der Waals surface area contributed by atoms with Crippen LogP contribution in [0.25, 0.3) is 6.08 Å². The van der Waals surface area contributed by atoms with Crippen molar-refractivity contribution in [2.24, 2.45) is 5.92 Å². The minimum absolute atomic E-state index is 0.173. The fourth-order valence-electron chi connectivity index (χ4n) is 2.55. The highest BCUT2D eigenvalue weighted by molar-refractivity contribution is 8.26. The number of hydrogen-bond acceptors (Lipinski definition) is 4. The fourth-order valence-corrected chi connectivity index (χ4v) is 3.88. The van der Waals surface area contributed by atoms with Crippen molar-refractivity contribution in [1.82, 2.24) is 4.90 Å². The molecule has 0 saturated carbocycles. The zero-order chi connectivity index (χ0) is 17.9. The Morgan fingerprint density at radius 1 is 1.33 bits per heavy atom. The zero-order valence-corrected chi connectivity index (χ0v) is 15.6. The predicted octanol–water partition coefficient (Wildman–Crippen LogP) is 3.95. The highest BCUT2D eigenvalue weighted by Gasteiger charge is 2.42. The molecule has 1 amide bonds. The summed E-state index contributed by atoms with van der Waals surface area (Å²) in [4.78, 5) is 26.1. The van der Waals surface area contributed by atoms with E-state index >= 15 is 0 Å². The normalized spacial score (nSPS) is 19.0. The van der Waals surface area contributed by atoms with Crippen LogP contribution in [0.2, 0.25) is 0 Å². The summed E-state index contributed by atoms with van der Waals surface area (Å²) >= 11 is 6.44. The van der Waals surface area contributed by atoms with Crippen LogP contribution in [-0.2, 0) is 16.0 Å². The van der Waals surface area contributed by atoms with E-state index in [1.807, 2.05) is 38.1 Å². The van der Waals surface area contributed by atoms with E-state index in [2.05, 4.69) is 6.92 Å². The molecule has 24 heavy (non-hydrogen) atoms. The molecule has 1 heterocycles. The van der Waals surface area contributed by atoms with Gasteiger partial charge in [-0.3, -0.25) is 9.69 Å². The van der Waals surface area contributed by atoms with Crippen LogP contribution in [0.1, 0.15) is 38.3 Å². The molecule has 0 aromatic heterocycles. The Bertz CT molecular complexity index is 682. The van der Waals surface area contributed by atoms with Crippen LogP contribution in [0, 0.1) is 5.92 Å². The number of aryl methyl sites for hydroxylation is 1. The quantitative estimate of drug-likeness (QED) is 0.613. The molecule has 1 aromatic rings. The molecule has 0 bridgehead atoms. The summed E-state index contributed by atoms with van der Waals surface area (Å²) in [5.74, 6) is -1.51. The van der Waals surface area contributed by atoms with E-state index < -0.39 is 12.0 Å². The number of benzene rings is 1. The van der Waals surface area contributed by atoms with Crippen LogP contribution in [-0.4, -0.2) is 32.2 Å². The maximum atomic E-state index is 12.7. The van der Waals surface area contributed by atoms with Gasteiger partial charge in [0.15, 0.2) is 0 Å². The van der Waals surface area contributed by atoms with E-state index in [0.717, 1.165) is 12.0 Å². The molecule has 0 aliphatic carbocycles. The van der Waals surface area contributed by atoms with E-state index in [1.165, 1.54) is 22.2 Å². The van der Waals surface area contributed by atoms with Gasteiger partial charge in [-0.15, -0.1) is 0 Å². The van der Waals surface area contributed by atoms with Gasteiger partial charge >= 0.3 is 5.97 Å². The van der Waals surface area contributed by atoms with E-state index in [4.69, 9.17) is 12.2 Å². The molecule has 1 saturated heterocycles. The lowest BCUT2D eigenvalue weighted by atomic mass is 9.98. The first-order valence-corrected chi connectivity index (χ1v) is 9.20. The number of aliphatic carboxylic acids is 1. The van der Waals surface area contributed by atoms with Crippen LogP contribution in [0.15, 0.2) is 29.2 Å². The average Bonchev–Trinajstić information content (AvgIpc) is 2.83. The summed E-state index contributed by atoms with van der Waals surface area (Å²) in [6, 6.07) is 7.02. The second-order valence-electron chi connectivity index (χ2n) is 5.82. The average molecular weight is 364 g/mol. The van der Waals surface area contributed by atoms with Crippen molar-refractivity contribution < 1.29 is 14.7 Å². The molecule has 1 aliphatic rings. The molecule has 2 rings (SSSR count). The predicted molar refractivity (Wildman–Crippen MR) is 102 cm³/mol. The number of nitrogens with zero attached hydrogens (tertiary/aromatic N) is 1. The molecular formula is C18H21NO3S2. The lowest BCUT2D eigenvalue weighted by Crippen LogP contribution is -2.47. The maximum Gasteiger partial charge on any atom is 0.327 e. The van der Waals surface area contributed by atoms with Crippen molar-refractivity contribution >= 4 is 46.3 Å². The lowest BCUT2D eigenvalue weighted by Gasteiger charge is -2.27. The van der Waals surface area contributed by atoms with Crippen LogP contribution < -0.4 is 0 Å². The summed E-state index contributed by atoms with van der Waals surface area (Å²) in [6.07, 6.45) is 3.39. The molecule has 0 radical (unpaired) electrons. The summed E-state index contributed by atoms with van der Waals surface area (Å²) < 4.78 is 0.309. The van der Waals surface area contributed by atoms with Crippen molar-refractivity contribution in [2.45, 2.75) is 39.7 Å². The Balaban J connectivity index is 2.29. The third kappa shape index (κ3) is 3.87. The number of carbonyl (C=O) groups excluding carboxylic acids is 1. The van der Waals surface area contributed by atoms with E-state index in [-0.39, 0.29) is 11.8 Å². The Kier molecular flexibility index (Phi) is 6.18. The van der Waals surface area contributed by atoms with Gasteiger partial charge < -0.3 is 5.11 Å². The molecule has 2 atom stereocenters. The Morgan fingerprint density at radius 3 is 2.46 bits per heavy atom. The Hall–Kier alpha value is -1.66. The number of amides is 1. The van der Waals surface area contributed by atoms with Gasteiger partial charge in [0.1, 0.15) is 10.4 Å². The van der Waals surface area contributed by atoms with Gasteiger partial charge in [-0.05, 0) is 29.5 Å². The summed E-state index contributed by atoms with van der Waals surface area (Å²) in [5.41, 5.74) is 2.13. The number of thiocarbonyl (C=S) groups is 1. The molecule has 6 heteroatoms. The van der Waals surface area contributed by atoms with Gasteiger partial charge in [-0.1, -0.05) is 75.4 Å². The van der Waals surface area contributed by atoms with Gasteiger partial charge in [0, 0.05) is 0 Å². The minimum Gasteiger partial charge on any atom is -0.480 e. The minimum atomic E-state index is -1.02. The second kappa shape index (κ2) is 7.94. The summed E-state index contributed by atoms with van der Waals surface area (Å²) in [5, 5.41) is 9.52. The van der Waals surface area contributed by atoms with Gasteiger partial charge in [0.2, 0.25) is 0 Å². The van der Waals surface area contributed by atoms with Crippen molar-refractivity contribution in [3.63, 3.8) is 0 Å². The SMILES string of the molecule is CCc1ccc(/C=C2\SC(=S)N([C@H](C(=O)O)[C@@H](C)CC)C2=O)cc1. The summed E-state index contributed by atoms with van der Waals surface area (Å²) in [7, 11) is 0. The van der Waals surface area contributed by atoms with Gasteiger partial charge in [0.25, 0.3) is 5.91 Å². The number of carbonyl (C=O) groups is 2. The number of thioether (sulfide) groups is 1. The van der Waals surface area contributed by atoms with E-state index in [9.17, 15) is 14.7 Å². The number of rotatable bonds is 6. The van der Waals surface area contributed by atoms with Crippen molar-refractivity contribution in [3.8, 4) is 0 Å². The molecule has 4 nitrogen and oxygen atoms in total.